The molecular formula is C29H24BrNO4. The summed E-state index contributed by atoms with van der Waals surface area (Å²) in [6.07, 6.45) is -0.265. The van der Waals surface area contributed by atoms with E-state index in [2.05, 4.69) is 22.0 Å². The average molecular weight is 530 g/mol. The number of nitrogens with zero attached hydrogens (tertiary/aromatic N) is 1. The second kappa shape index (κ2) is 10.3. The standard InChI is InChI=1S/C29H24BrNO4/c1-19-7-9-22(10-8-19)27(33)29(18-31)16-24(28(34)35-17-20-5-3-2-4-6-20)26(32)15-25(29)21-11-13-23(30)14-12-21/h2-14,25,32H,15-17H2,1H3/t25-,29-/m0/s1. The molecular weight excluding hydrogens is 506 g/mol. The molecule has 1 aliphatic carbocycles. The fourth-order valence-corrected chi connectivity index (χ4v) is 4.73. The fourth-order valence-electron chi connectivity index (χ4n) is 4.46. The van der Waals surface area contributed by atoms with Crippen molar-refractivity contribution < 1.29 is 19.4 Å². The lowest BCUT2D eigenvalue weighted by molar-refractivity contribution is -0.141. The summed E-state index contributed by atoms with van der Waals surface area (Å²) in [7, 11) is 0. The molecule has 0 aliphatic heterocycles. The molecule has 0 saturated carbocycles. The Morgan fingerprint density at radius 2 is 1.71 bits per heavy atom. The Morgan fingerprint density at radius 1 is 1.06 bits per heavy atom. The van der Waals surface area contributed by atoms with Crippen molar-refractivity contribution in [2.45, 2.75) is 32.3 Å². The van der Waals surface area contributed by atoms with Crippen LogP contribution in [-0.4, -0.2) is 16.9 Å². The molecule has 0 spiro atoms. The van der Waals surface area contributed by atoms with Crippen LogP contribution in [0, 0.1) is 23.7 Å². The van der Waals surface area contributed by atoms with Crippen LogP contribution in [-0.2, 0) is 16.1 Å². The third-order valence-electron chi connectivity index (χ3n) is 6.45. The summed E-state index contributed by atoms with van der Waals surface area (Å²) in [5.41, 5.74) is 1.29. The van der Waals surface area contributed by atoms with Crippen molar-refractivity contribution in [3.8, 4) is 6.07 Å². The number of ketones is 1. The van der Waals surface area contributed by atoms with Gasteiger partial charge in [-0.1, -0.05) is 88.2 Å². The van der Waals surface area contributed by atoms with E-state index >= 15 is 0 Å². The Labute approximate surface area is 212 Å². The van der Waals surface area contributed by atoms with E-state index in [1.54, 1.807) is 12.1 Å². The lowest BCUT2D eigenvalue weighted by Gasteiger charge is -2.38. The summed E-state index contributed by atoms with van der Waals surface area (Å²) in [4.78, 5) is 26.9. The van der Waals surface area contributed by atoms with Gasteiger partial charge in [0, 0.05) is 28.8 Å². The van der Waals surface area contributed by atoms with Gasteiger partial charge in [0.1, 0.15) is 17.8 Å². The number of carbonyl (C=O) groups is 2. The van der Waals surface area contributed by atoms with Gasteiger partial charge in [-0.3, -0.25) is 4.79 Å². The van der Waals surface area contributed by atoms with E-state index < -0.39 is 17.3 Å². The van der Waals surface area contributed by atoms with Gasteiger partial charge in [0.2, 0.25) is 0 Å². The monoisotopic (exact) mass is 529 g/mol. The second-order valence-corrected chi connectivity index (χ2v) is 9.67. The predicted molar refractivity (Wildman–Crippen MR) is 136 cm³/mol. The van der Waals surface area contributed by atoms with E-state index in [1.807, 2.05) is 73.7 Å². The zero-order valence-electron chi connectivity index (χ0n) is 19.2. The first-order valence-corrected chi connectivity index (χ1v) is 12.0. The van der Waals surface area contributed by atoms with Gasteiger partial charge in [0.25, 0.3) is 0 Å². The van der Waals surface area contributed by atoms with Gasteiger partial charge in [-0.25, -0.2) is 4.79 Å². The van der Waals surface area contributed by atoms with Crippen LogP contribution in [0.3, 0.4) is 0 Å². The Bertz CT molecular complexity index is 1310. The van der Waals surface area contributed by atoms with Gasteiger partial charge in [0.05, 0.1) is 11.6 Å². The van der Waals surface area contributed by atoms with E-state index in [4.69, 9.17) is 4.74 Å². The fraction of sp³-hybridized carbons (Fsp3) is 0.207. The number of Topliss-reactive ketones (excluding diaryl/α,β-unsaturated/α-hetero) is 1. The van der Waals surface area contributed by atoms with Gasteiger partial charge in [0.15, 0.2) is 5.78 Å². The summed E-state index contributed by atoms with van der Waals surface area (Å²) in [6.45, 7) is 1.94. The minimum absolute atomic E-state index is 0.0252. The largest absolute Gasteiger partial charge is 0.512 e. The third kappa shape index (κ3) is 5.06. The Morgan fingerprint density at radius 3 is 2.34 bits per heavy atom. The van der Waals surface area contributed by atoms with Gasteiger partial charge in [-0.15, -0.1) is 0 Å². The van der Waals surface area contributed by atoms with Crippen LogP contribution in [0.15, 0.2) is 94.7 Å². The number of benzene rings is 3. The first kappa shape index (κ1) is 24.4. The number of hydrogen-bond donors (Lipinski definition) is 1. The second-order valence-electron chi connectivity index (χ2n) is 8.75. The summed E-state index contributed by atoms with van der Waals surface area (Å²) < 4.78 is 6.31. The highest BCUT2D eigenvalue weighted by atomic mass is 79.9. The highest BCUT2D eigenvalue weighted by Gasteiger charge is 2.52. The highest BCUT2D eigenvalue weighted by Crippen LogP contribution is 2.51. The number of aliphatic hydroxyl groups is 1. The summed E-state index contributed by atoms with van der Waals surface area (Å²) in [6, 6.07) is 25.8. The van der Waals surface area contributed by atoms with Crippen LogP contribution in [0.4, 0.5) is 0 Å². The summed E-state index contributed by atoms with van der Waals surface area (Å²) in [5.74, 6) is -1.90. The number of nitriles is 1. The predicted octanol–water partition coefficient (Wildman–Crippen LogP) is 6.58. The molecule has 0 heterocycles. The van der Waals surface area contributed by atoms with Crippen molar-refractivity contribution in [2.24, 2.45) is 5.41 Å². The van der Waals surface area contributed by atoms with Crippen LogP contribution >= 0.6 is 15.9 Å². The molecule has 0 amide bonds. The minimum Gasteiger partial charge on any atom is -0.512 e. The number of halogens is 1. The van der Waals surface area contributed by atoms with Crippen molar-refractivity contribution in [3.05, 3.63) is 117 Å². The molecule has 0 aromatic heterocycles. The maximum Gasteiger partial charge on any atom is 0.337 e. The number of esters is 1. The van der Waals surface area contributed by atoms with E-state index in [-0.39, 0.29) is 36.6 Å². The number of aliphatic hydroxyl groups excluding tert-OH is 1. The van der Waals surface area contributed by atoms with Crippen LogP contribution in [0.2, 0.25) is 0 Å². The molecule has 3 aromatic carbocycles. The molecule has 4 rings (SSSR count). The first-order chi connectivity index (χ1) is 16.8. The maximum absolute atomic E-state index is 13.9. The quantitative estimate of drug-likeness (QED) is 0.287. The van der Waals surface area contributed by atoms with Crippen molar-refractivity contribution in [1.82, 2.24) is 0 Å². The number of carbonyl (C=O) groups excluding carboxylic acids is 2. The van der Waals surface area contributed by atoms with E-state index in [1.165, 1.54) is 0 Å². The van der Waals surface area contributed by atoms with E-state index in [9.17, 15) is 20.0 Å². The smallest absolute Gasteiger partial charge is 0.337 e. The molecule has 0 fully saturated rings. The molecule has 0 saturated heterocycles. The Kier molecular flexibility index (Phi) is 7.18. The maximum atomic E-state index is 13.9. The van der Waals surface area contributed by atoms with Crippen LogP contribution in [0.25, 0.3) is 0 Å². The highest BCUT2D eigenvalue weighted by molar-refractivity contribution is 9.10. The molecule has 35 heavy (non-hydrogen) atoms. The van der Waals surface area contributed by atoms with Crippen LogP contribution in [0.1, 0.15) is 45.8 Å². The molecule has 176 valence electrons. The van der Waals surface area contributed by atoms with Crippen molar-refractivity contribution in [2.75, 3.05) is 0 Å². The average Bonchev–Trinajstić information content (AvgIpc) is 2.88. The Hall–Kier alpha value is -3.69. The SMILES string of the molecule is Cc1ccc(C(=O)[C@]2(C#N)CC(C(=O)OCc3ccccc3)=C(O)C[C@H]2c2ccc(Br)cc2)cc1. The Balaban J connectivity index is 1.73. The molecule has 5 nitrogen and oxygen atoms in total. The summed E-state index contributed by atoms with van der Waals surface area (Å²) in [5, 5.41) is 21.4. The molecule has 1 N–H and O–H groups in total. The molecule has 3 aromatic rings. The van der Waals surface area contributed by atoms with E-state index in [0.29, 0.717) is 5.56 Å². The first-order valence-electron chi connectivity index (χ1n) is 11.2. The van der Waals surface area contributed by atoms with Gasteiger partial charge < -0.3 is 9.84 Å². The number of aryl methyl sites for hydroxylation is 1. The third-order valence-corrected chi connectivity index (χ3v) is 6.97. The molecule has 0 radical (unpaired) electrons. The zero-order valence-corrected chi connectivity index (χ0v) is 20.8. The molecule has 6 heteroatoms. The molecule has 1 aliphatic rings. The molecule has 2 atom stereocenters. The molecule has 0 unspecified atom stereocenters. The van der Waals surface area contributed by atoms with Crippen LogP contribution < -0.4 is 0 Å². The van der Waals surface area contributed by atoms with Gasteiger partial charge in [-0.05, 0) is 30.2 Å². The van der Waals surface area contributed by atoms with E-state index in [0.717, 1.165) is 21.2 Å². The number of hydrogen-bond acceptors (Lipinski definition) is 5. The normalized spacial score (nSPS) is 19.6. The lowest BCUT2D eigenvalue weighted by atomic mass is 9.61. The number of allylic oxidation sites excluding steroid dienone is 1. The van der Waals surface area contributed by atoms with Gasteiger partial charge >= 0.3 is 5.97 Å². The van der Waals surface area contributed by atoms with Gasteiger partial charge in [-0.2, -0.15) is 5.26 Å². The zero-order chi connectivity index (χ0) is 25.0. The number of ether oxygens (including phenoxy) is 1. The van der Waals surface area contributed by atoms with Crippen molar-refractivity contribution in [3.63, 3.8) is 0 Å². The summed E-state index contributed by atoms with van der Waals surface area (Å²) >= 11 is 3.41. The lowest BCUT2D eigenvalue weighted by Crippen LogP contribution is -2.41. The molecule has 0 bridgehead atoms. The topological polar surface area (TPSA) is 87.4 Å². The van der Waals surface area contributed by atoms with Crippen LogP contribution in [0.5, 0.6) is 0 Å². The van der Waals surface area contributed by atoms with Crippen molar-refractivity contribution in [1.29, 1.82) is 5.26 Å². The van der Waals surface area contributed by atoms with Crippen molar-refractivity contribution >= 4 is 27.7 Å². The number of rotatable bonds is 6. The minimum atomic E-state index is -1.59.